The zero-order chi connectivity index (χ0) is 12.1. The summed E-state index contributed by atoms with van der Waals surface area (Å²) in [6.07, 6.45) is 2.98. The van der Waals surface area contributed by atoms with Gasteiger partial charge in [-0.3, -0.25) is 4.79 Å². The number of hydrogen-bond donors (Lipinski definition) is 2. The molecule has 1 rings (SSSR count). The molecular weight excluding hydrogens is 234 g/mol. The second-order valence-electron chi connectivity index (χ2n) is 3.18. The number of rotatable bonds is 5. The lowest BCUT2D eigenvalue weighted by Crippen LogP contribution is -2.15. The van der Waals surface area contributed by atoms with Gasteiger partial charge in [0.2, 0.25) is 5.43 Å². The molecule has 0 atom stereocenters. The van der Waals surface area contributed by atoms with Gasteiger partial charge >= 0.3 is 5.97 Å². The van der Waals surface area contributed by atoms with Crippen LogP contribution in [0.5, 0.6) is 5.75 Å². The fraction of sp³-hybridized carbons (Fsp3) is 0.400. The van der Waals surface area contributed by atoms with Crippen molar-refractivity contribution < 1.29 is 14.6 Å². The Morgan fingerprint density at radius 1 is 1.62 bits per heavy atom. The maximum absolute atomic E-state index is 11.5. The van der Waals surface area contributed by atoms with Crippen LogP contribution in [0, 0.1) is 0 Å². The molecule has 1 heterocycles. The highest BCUT2D eigenvalue weighted by Gasteiger charge is 2.15. The fourth-order valence-corrected chi connectivity index (χ4v) is 1.31. The maximum atomic E-state index is 11.5. The molecule has 0 aliphatic rings. The van der Waals surface area contributed by atoms with Crippen molar-refractivity contribution in [3.8, 4) is 5.75 Å². The first-order chi connectivity index (χ1) is 7.57. The molecule has 0 spiro atoms. The van der Waals surface area contributed by atoms with E-state index in [1.54, 1.807) is 0 Å². The minimum atomic E-state index is -1.28. The zero-order valence-corrected chi connectivity index (χ0v) is 9.50. The predicted octanol–water partition coefficient (Wildman–Crippen LogP) is 1.91. The summed E-state index contributed by atoms with van der Waals surface area (Å²) in [6.45, 7) is 2.40. The summed E-state index contributed by atoms with van der Waals surface area (Å²) in [5.41, 5.74) is -0.927. The number of carboxylic acids is 1. The number of nitrogens with one attached hydrogen (secondary N) is 1. The third-order valence-corrected chi connectivity index (χ3v) is 2.32. The molecule has 0 aromatic carbocycles. The van der Waals surface area contributed by atoms with Gasteiger partial charge in [0, 0.05) is 6.20 Å². The predicted molar refractivity (Wildman–Crippen MR) is 59.4 cm³/mol. The second-order valence-corrected chi connectivity index (χ2v) is 3.56. The van der Waals surface area contributed by atoms with Crippen LogP contribution in [0.1, 0.15) is 30.3 Å². The molecule has 5 nitrogen and oxygen atoms in total. The van der Waals surface area contributed by atoms with Crippen LogP contribution in [0.3, 0.4) is 0 Å². The van der Waals surface area contributed by atoms with E-state index in [9.17, 15) is 9.59 Å². The quantitative estimate of drug-likeness (QED) is 0.777. The molecule has 0 saturated carbocycles. The van der Waals surface area contributed by atoms with Crippen molar-refractivity contribution in [2.75, 3.05) is 6.61 Å². The highest BCUT2D eigenvalue weighted by Crippen LogP contribution is 2.13. The smallest absolute Gasteiger partial charge is 0.354 e. The van der Waals surface area contributed by atoms with Crippen molar-refractivity contribution in [1.29, 1.82) is 0 Å². The Bertz CT molecular complexity index is 441. The van der Waals surface area contributed by atoms with Gasteiger partial charge in [-0.2, -0.15) is 0 Å². The van der Waals surface area contributed by atoms with Gasteiger partial charge < -0.3 is 14.8 Å². The molecule has 88 valence electrons. The Morgan fingerprint density at radius 2 is 2.31 bits per heavy atom. The van der Waals surface area contributed by atoms with Gasteiger partial charge in [0.1, 0.15) is 10.7 Å². The summed E-state index contributed by atoms with van der Waals surface area (Å²) in [7, 11) is 0. The average Bonchev–Trinajstić information content (AvgIpc) is 2.24. The molecular formula is C10H12ClNO4. The Kier molecular flexibility index (Phi) is 4.37. The van der Waals surface area contributed by atoms with Crippen molar-refractivity contribution in [2.24, 2.45) is 0 Å². The van der Waals surface area contributed by atoms with Crippen LogP contribution in [0.2, 0.25) is 5.02 Å². The van der Waals surface area contributed by atoms with Crippen LogP contribution in [0.25, 0.3) is 0 Å². The molecule has 6 heteroatoms. The van der Waals surface area contributed by atoms with Gasteiger partial charge in [0.05, 0.1) is 6.61 Å². The summed E-state index contributed by atoms with van der Waals surface area (Å²) in [5, 5.41) is 8.34. The Labute approximate surface area is 97.0 Å². The first-order valence-electron chi connectivity index (χ1n) is 4.85. The number of hydrogen-bond acceptors (Lipinski definition) is 3. The molecule has 0 saturated heterocycles. The second kappa shape index (κ2) is 5.55. The van der Waals surface area contributed by atoms with E-state index in [0.717, 1.165) is 12.8 Å². The first-order valence-corrected chi connectivity index (χ1v) is 5.23. The largest absolute Gasteiger partial charge is 0.488 e. The summed E-state index contributed by atoms with van der Waals surface area (Å²) in [6, 6.07) is 0. The number of aromatic amines is 1. The molecule has 0 bridgehead atoms. The molecule has 0 aliphatic heterocycles. The number of pyridine rings is 1. The number of H-pyrrole nitrogens is 1. The van der Waals surface area contributed by atoms with Gasteiger partial charge in [-0.15, -0.1) is 0 Å². The SMILES string of the molecule is CCCCOc1c[nH]c(C(=O)O)c(Cl)c1=O. The topological polar surface area (TPSA) is 79.4 Å². The van der Waals surface area contributed by atoms with E-state index < -0.39 is 11.4 Å². The van der Waals surface area contributed by atoms with Crippen molar-refractivity contribution >= 4 is 17.6 Å². The minimum Gasteiger partial charge on any atom is -0.488 e. The van der Waals surface area contributed by atoms with E-state index in [4.69, 9.17) is 21.4 Å². The lowest BCUT2D eigenvalue weighted by Gasteiger charge is -2.05. The lowest BCUT2D eigenvalue weighted by atomic mass is 10.3. The first kappa shape index (κ1) is 12.6. The van der Waals surface area contributed by atoms with E-state index in [2.05, 4.69) is 4.98 Å². The molecule has 1 aromatic heterocycles. The number of ether oxygens (including phenoxy) is 1. The number of aromatic nitrogens is 1. The monoisotopic (exact) mass is 245 g/mol. The minimum absolute atomic E-state index is 0.0449. The summed E-state index contributed by atoms with van der Waals surface area (Å²) < 4.78 is 5.17. The van der Waals surface area contributed by atoms with E-state index in [-0.39, 0.29) is 16.5 Å². The van der Waals surface area contributed by atoms with E-state index >= 15 is 0 Å². The number of aromatic carboxylic acids is 1. The Hall–Kier alpha value is -1.49. The van der Waals surface area contributed by atoms with Crippen LogP contribution >= 0.6 is 11.6 Å². The van der Waals surface area contributed by atoms with E-state index in [0.29, 0.717) is 6.61 Å². The molecule has 0 unspecified atom stereocenters. The van der Waals surface area contributed by atoms with Crippen LogP contribution in [0.4, 0.5) is 0 Å². The van der Waals surface area contributed by atoms with Gasteiger partial charge in [-0.25, -0.2) is 4.79 Å². The van der Waals surface area contributed by atoms with Crippen LogP contribution in [0.15, 0.2) is 11.0 Å². The fourth-order valence-electron chi connectivity index (χ4n) is 1.08. The van der Waals surface area contributed by atoms with Gasteiger partial charge in [-0.1, -0.05) is 24.9 Å². The van der Waals surface area contributed by atoms with Crippen LogP contribution < -0.4 is 10.2 Å². The number of unbranched alkanes of at least 4 members (excludes halogenated alkanes) is 1. The van der Waals surface area contributed by atoms with Crippen molar-refractivity contribution in [3.63, 3.8) is 0 Å². The third kappa shape index (κ3) is 2.76. The summed E-state index contributed by atoms with van der Waals surface area (Å²) in [4.78, 5) is 24.6. The highest BCUT2D eigenvalue weighted by molar-refractivity contribution is 6.33. The number of halogens is 1. The molecule has 1 aromatic rings. The van der Waals surface area contributed by atoms with Crippen molar-refractivity contribution in [1.82, 2.24) is 4.98 Å². The maximum Gasteiger partial charge on any atom is 0.354 e. The zero-order valence-electron chi connectivity index (χ0n) is 8.75. The van der Waals surface area contributed by atoms with Crippen molar-refractivity contribution in [3.05, 3.63) is 27.1 Å². The Morgan fingerprint density at radius 3 is 2.88 bits per heavy atom. The standard InChI is InChI=1S/C10H12ClNO4/c1-2-3-4-16-6-5-12-8(10(14)15)7(11)9(6)13/h5H,2-4H2,1H3,(H,12,13)(H,14,15). The normalized spacial score (nSPS) is 10.1. The number of carboxylic acid groups (broad SMARTS) is 1. The molecule has 2 N–H and O–H groups in total. The van der Waals surface area contributed by atoms with Crippen LogP contribution in [-0.4, -0.2) is 22.7 Å². The summed E-state index contributed by atoms with van der Waals surface area (Å²) in [5.74, 6) is -1.23. The lowest BCUT2D eigenvalue weighted by molar-refractivity contribution is 0.0690. The summed E-state index contributed by atoms with van der Waals surface area (Å²) >= 11 is 5.60. The molecule has 0 aliphatic carbocycles. The highest BCUT2D eigenvalue weighted by atomic mass is 35.5. The van der Waals surface area contributed by atoms with E-state index in [1.807, 2.05) is 6.92 Å². The van der Waals surface area contributed by atoms with Gasteiger partial charge in [-0.05, 0) is 6.42 Å². The van der Waals surface area contributed by atoms with Gasteiger partial charge in [0.25, 0.3) is 0 Å². The van der Waals surface area contributed by atoms with Crippen molar-refractivity contribution in [2.45, 2.75) is 19.8 Å². The van der Waals surface area contributed by atoms with Gasteiger partial charge in [0.15, 0.2) is 5.75 Å². The third-order valence-electron chi connectivity index (χ3n) is 1.96. The molecule has 16 heavy (non-hydrogen) atoms. The average molecular weight is 246 g/mol. The molecule has 0 amide bonds. The molecule has 0 fully saturated rings. The number of carbonyl (C=O) groups is 1. The van der Waals surface area contributed by atoms with E-state index in [1.165, 1.54) is 6.20 Å². The molecule has 0 radical (unpaired) electrons. The van der Waals surface area contributed by atoms with Crippen LogP contribution in [-0.2, 0) is 0 Å². The Balaban J connectivity index is 2.94.